The van der Waals surface area contributed by atoms with E-state index in [2.05, 4.69) is 28.4 Å². The minimum Gasteiger partial charge on any atom is -0.466 e. The van der Waals surface area contributed by atoms with E-state index >= 15 is 0 Å². The lowest BCUT2D eigenvalue weighted by Crippen LogP contribution is -2.27. The van der Waals surface area contributed by atoms with Crippen molar-refractivity contribution < 1.29 is 52.3 Å². The van der Waals surface area contributed by atoms with E-state index in [9.17, 15) is 19.2 Å². The SMILES string of the molecule is COC(=O)[C@H](C)OC(=O)OCCOCCOC(=O)O[C@H](C)C(=O)OC. The average Bonchev–Trinajstić information content (AvgIpc) is 2.58. The van der Waals surface area contributed by atoms with Crippen LogP contribution in [-0.4, -0.2) is 77.1 Å². The number of carbonyl (C=O) groups excluding carboxylic acids is 4. The molecular weight excluding hydrogens is 344 g/mol. The summed E-state index contributed by atoms with van der Waals surface area (Å²) in [5.41, 5.74) is 0. The summed E-state index contributed by atoms with van der Waals surface area (Å²) in [4.78, 5) is 44.4. The second-order valence-corrected chi connectivity index (χ2v) is 4.38. The van der Waals surface area contributed by atoms with E-state index in [1.165, 1.54) is 13.8 Å². The van der Waals surface area contributed by atoms with Gasteiger partial charge in [-0.2, -0.15) is 0 Å². The molecule has 0 aromatic carbocycles. The number of methoxy groups -OCH3 is 2. The molecule has 0 amide bonds. The van der Waals surface area contributed by atoms with Crippen molar-refractivity contribution in [1.82, 2.24) is 0 Å². The molecule has 0 aromatic rings. The fourth-order valence-electron chi connectivity index (χ4n) is 1.25. The molecule has 0 bridgehead atoms. The van der Waals surface area contributed by atoms with Crippen molar-refractivity contribution in [3.05, 3.63) is 0 Å². The summed E-state index contributed by atoms with van der Waals surface area (Å²) < 4.78 is 32.3. The lowest BCUT2D eigenvalue weighted by molar-refractivity contribution is -0.151. The maximum atomic E-state index is 11.2. The Morgan fingerprint density at radius 1 is 0.680 bits per heavy atom. The van der Waals surface area contributed by atoms with Crippen LogP contribution in [0.15, 0.2) is 0 Å². The Bertz CT molecular complexity index is 408. The Hall–Kier alpha value is -2.56. The summed E-state index contributed by atoms with van der Waals surface area (Å²) in [5.74, 6) is -1.42. The van der Waals surface area contributed by atoms with Gasteiger partial charge >= 0.3 is 24.2 Å². The highest BCUT2D eigenvalue weighted by Crippen LogP contribution is 1.98. The van der Waals surface area contributed by atoms with Crippen molar-refractivity contribution in [2.45, 2.75) is 26.1 Å². The molecule has 144 valence electrons. The van der Waals surface area contributed by atoms with Crippen LogP contribution < -0.4 is 0 Å². The molecule has 0 N–H and O–H groups in total. The van der Waals surface area contributed by atoms with E-state index in [-0.39, 0.29) is 26.4 Å². The molecule has 0 saturated carbocycles. The molecule has 0 unspecified atom stereocenters. The van der Waals surface area contributed by atoms with Gasteiger partial charge in [0.1, 0.15) is 13.2 Å². The number of esters is 2. The van der Waals surface area contributed by atoms with E-state index in [4.69, 9.17) is 4.74 Å². The van der Waals surface area contributed by atoms with Gasteiger partial charge in [0, 0.05) is 0 Å². The quantitative estimate of drug-likeness (QED) is 0.303. The van der Waals surface area contributed by atoms with Crippen molar-refractivity contribution in [3.8, 4) is 0 Å². The predicted octanol–water partition coefficient (Wildman–Crippen LogP) is 0.432. The van der Waals surface area contributed by atoms with Crippen molar-refractivity contribution in [2.75, 3.05) is 40.6 Å². The third-order valence-corrected chi connectivity index (χ3v) is 2.51. The Labute approximate surface area is 144 Å². The maximum Gasteiger partial charge on any atom is 0.509 e. The summed E-state index contributed by atoms with van der Waals surface area (Å²) in [5, 5.41) is 0. The standard InChI is InChI=1S/C14H22O11/c1-9(11(15)19-3)24-13(17)22-7-5-21-6-8-23-14(18)25-10(2)12(16)20-4/h9-10H,5-8H2,1-4H3/t9-,10+. The monoisotopic (exact) mass is 366 g/mol. The molecule has 0 spiro atoms. The van der Waals surface area contributed by atoms with Gasteiger partial charge in [-0.05, 0) is 13.8 Å². The van der Waals surface area contributed by atoms with Crippen LogP contribution in [0, 0.1) is 0 Å². The Morgan fingerprint density at radius 3 is 1.36 bits per heavy atom. The van der Waals surface area contributed by atoms with E-state index < -0.39 is 36.5 Å². The van der Waals surface area contributed by atoms with Crippen LogP contribution in [0.3, 0.4) is 0 Å². The van der Waals surface area contributed by atoms with Crippen LogP contribution in [0.2, 0.25) is 0 Å². The van der Waals surface area contributed by atoms with Crippen LogP contribution in [0.5, 0.6) is 0 Å². The molecule has 11 nitrogen and oxygen atoms in total. The minimum atomic E-state index is -1.08. The van der Waals surface area contributed by atoms with E-state index in [0.29, 0.717) is 0 Å². The van der Waals surface area contributed by atoms with Crippen molar-refractivity contribution in [3.63, 3.8) is 0 Å². The van der Waals surface area contributed by atoms with Gasteiger partial charge in [0.15, 0.2) is 12.2 Å². The van der Waals surface area contributed by atoms with Crippen molar-refractivity contribution >= 4 is 24.2 Å². The first-order valence-corrected chi connectivity index (χ1v) is 7.22. The first kappa shape index (κ1) is 22.4. The molecule has 0 aliphatic carbocycles. The van der Waals surface area contributed by atoms with Crippen molar-refractivity contribution in [2.24, 2.45) is 0 Å². The number of carbonyl (C=O) groups is 4. The molecule has 0 saturated heterocycles. The lowest BCUT2D eigenvalue weighted by Gasteiger charge is -2.12. The van der Waals surface area contributed by atoms with Crippen LogP contribution in [0.25, 0.3) is 0 Å². The topological polar surface area (TPSA) is 133 Å². The minimum absolute atomic E-state index is 0.0126. The highest BCUT2D eigenvalue weighted by Gasteiger charge is 2.19. The van der Waals surface area contributed by atoms with Crippen LogP contribution in [-0.2, 0) is 42.7 Å². The van der Waals surface area contributed by atoms with Crippen molar-refractivity contribution in [1.29, 1.82) is 0 Å². The van der Waals surface area contributed by atoms with E-state index in [1.54, 1.807) is 0 Å². The molecule has 0 heterocycles. The van der Waals surface area contributed by atoms with E-state index in [1.807, 2.05) is 0 Å². The third-order valence-electron chi connectivity index (χ3n) is 2.51. The van der Waals surface area contributed by atoms with Crippen LogP contribution in [0.4, 0.5) is 9.59 Å². The Balaban J connectivity index is 3.64. The van der Waals surface area contributed by atoms with Gasteiger partial charge in [0.25, 0.3) is 0 Å². The first-order chi connectivity index (χ1) is 11.8. The third kappa shape index (κ3) is 10.8. The molecule has 25 heavy (non-hydrogen) atoms. The molecule has 0 aliphatic rings. The summed E-state index contributed by atoms with van der Waals surface area (Å²) in [7, 11) is 2.32. The van der Waals surface area contributed by atoms with Gasteiger partial charge in [0.05, 0.1) is 27.4 Å². The Kier molecular flexibility index (Phi) is 11.5. The van der Waals surface area contributed by atoms with Gasteiger partial charge in [0.2, 0.25) is 0 Å². The number of hydrogen-bond donors (Lipinski definition) is 0. The fourth-order valence-corrected chi connectivity index (χ4v) is 1.25. The molecule has 0 aromatic heterocycles. The second kappa shape index (κ2) is 12.8. The molecule has 0 aliphatic heterocycles. The number of hydrogen-bond acceptors (Lipinski definition) is 11. The molecule has 0 radical (unpaired) electrons. The van der Waals surface area contributed by atoms with Crippen LogP contribution >= 0.6 is 0 Å². The molecule has 0 rings (SSSR count). The summed E-state index contributed by atoms with van der Waals surface area (Å²) >= 11 is 0. The lowest BCUT2D eigenvalue weighted by atomic mass is 10.4. The van der Waals surface area contributed by atoms with Gasteiger partial charge in [-0.1, -0.05) is 0 Å². The summed E-state index contributed by atoms with van der Waals surface area (Å²) in [6.07, 6.45) is -4.24. The highest BCUT2D eigenvalue weighted by atomic mass is 16.7. The van der Waals surface area contributed by atoms with Gasteiger partial charge in [-0.15, -0.1) is 0 Å². The summed E-state index contributed by atoms with van der Waals surface area (Å²) in [6.45, 7) is 2.44. The fraction of sp³-hybridized carbons (Fsp3) is 0.714. The smallest absolute Gasteiger partial charge is 0.466 e. The molecule has 0 fully saturated rings. The Morgan fingerprint density at radius 2 is 1.04 bits per heavy atom. The average molecular weight is 366 g/mol. The van der Waals surface area contributed by atoms with E-state index in [0.717, 1.165) is 14.2 Å². The zero-order chi connectivity index (χ0) is 19.2. The second-order valence-electron chi connectivity index (χ2n) is 4.38. The normalized spacial score (nSPS) is 12.3. The van der Waals surface area contributed by atoms with Gasteiger partial charge < -0.3 is 33.2 Å². The number of rotatable bonds is 10. The highest BCUT2D eigenvalue weighted by molar-refractivity contribution is 5.77. The first-order valence-electron chi connectivity index (χ1n) is 7.22. The largest absolute Gasteiger partial charge is 0.509 e. The maximum absolute atomic E-state index is 11.2. The van der Waals surface area contributed by atoms with Gasteiger partial charge in [-0.25, -0.2) is 19.2 Å². The zero-order valence-electron chi connectivity index (χ0n) is 14.5. The predicted molar refractivity (Wildman–Crippen MR) is 78.6 cm³/mol. The summed E-state index contributed by atoms with van der Waals surface area (Å²) in [6, 6.07) is 0. The van der Waals surface area contributed by atoms with Crippen LogP contribution in [0.1, 0.15) is 13.8 Å². The number of ether oxygens (including phenoxy) is 7. The molecule has 2 atom stereocenters. The molecular formula is C14H22O11. The van der Waals surface area contributed by atoms with Gasteiger partial charge in [-0.3, -0.25) is 0 Å². The zero-order valence-corrected chi connectivity index (χ0v) is 14.5. The molecule has 11 heteroatoms.